The number of hydrogen-bond acceptors (Lipinski definition) is 3. The van der Waals surface area contributed by atoms with E-state index >= 15 is 0 Å². The number of thiophene rings is 1. The molecule has 1 aromatic rings. The Balaban J connectivity index is 2.08. The van der Waals surface area contributed by atoms with E-state index in [-0.39, 0.29) is 0 Å². The van der Waals surface area contributed by atoms with Gasteiger partial charge in [-0.2, -0.15) is 0 Å². The van der Waals surface area contributed by atoms with Crippen LogP contribution in [0, 0.1) is 8.80 Å². The first kappa shape index (κ1) is 11.8. The average molecular weight is 337 g/mol. The summed E-state index contributed by atoms with van der Waals surface area (Å²) in [6, 6.07) is 2.74. The first-order valence-electron chi connectivity index (χ1n) is 5.30. The van der Waals surface area contributed by atoms with Crippen LogP contribution >= 0.6 is 33.9 Å². The fourth-order valence-electron chi connectivity index (χ4n) is 2.19. The van der Waals surface area contributed by atoms with Gasteiger partial charge in [-0.3, -0.25) is 0 Å². The maximum absolute atomic E-state index is 5.55. The molecule has 2 atom stereocenters. The van der Waals surface area contributed by atoms with E-state index in [1.807, 2.05) is 18.4 Å². The van der Waals surface area contributed by atoms with Gasteiger partial charge in [0.2, 0.25) is 0 Å². The molecule has 2 rings (SSSR count). The summed E-state index contributed by atoms with van der Waals surface area (Å²) in [5.41, 5.74) is 1.42. The number of hydrogen-bond donors (Lipinski definition) is 1. The Labute approximate surface area is 109 Å². The van der Waals surface area contributed by atoms with Crippen LogP contribution in [0.3, 0.4) is 0 Å². The van der Waals surface area contributed by atoms with E-state index < -0.39 is 0 Å². The van der Waals surface area contributed by atoms with Crippen molar-refractivity contribution in [2.45, 2.75) is 18.9 Å². The first-order valence-corrected chi connectivity index (χ1v) is 7.26. The highest BCUT2D eigenvalue weighted by Gasteiger charge is 2.24. The Bertz CT molecular complexity index is 309. The summed E-state index contributed by atoms with van der Waals surface area (Å²) >= 11 is 4.20. The minimum Gasteiger partial charge on any atom is -0.381 e. The number of halogens is 1. The fraction of sp³-hybridized carbons (Fsp3) is 0.636. The van der Waals surface area contributed by atoms with Gasteiger partial charge in [0, 0.05) is 18.6 Å². The molecule has 1 aliphatic rings. The molecule has 0 bridgehead atoms. The topological polar surface area (TPSA) is 21.3 Å². The van der Waals surface area contributed by atoms with Crippen molar-refractivity contribution in [3.8, 4) is 0 Å². The van der Waals surface area contributed by atoms with Crippen molar-refractivity contribution in [2.24, 2.45) is 5.92 Å². The molecule has 2 heterocycles. The largest absolute Gasteiger partial charge is 0.381 e. The third-order valence-corrected chi connectivity index (χ3v) is 4.73. The van der Waals surface area contributed by atoms with Crippen molar-refractivity contribution in [1.29, 1.82) is 0 Å². The Morgan fingerprint density at radius 1 is 1.67 bits per heavy atom. The van der Waals surface area contributed by atoms with E-state index in [1.165, 1.54) is 21.3 Å². The molecule has 1 aliphatic heterocycles. The van der Waals surface area contributed by atoms with Gasteiger partial charge in [0.1, 0.15) is 0 Å². The van der Waals surface area contributed by atoms with Crippen molar-refractivity contribution in [3.05, 3.63) is 19.9 Å². The van der Waals surface area contributed by atoms with E-state index in [9.17, 15) is 0 Å². The lowest BCUT2D eigenvalue weighted by Gasteiger charge is -2.29. The molecular weight excluding hydrogens is 321 g/mol. The average Bonchev–Trinajstić information content (AvgIpc) is 2.68. The molecular formula is C11H16INOS. The Morgan fingerprint density at radius 3 is 3.07 bits per heavy atom. The van der Waals surface area contributed by atoms with E-state index in [0.717, 1.165) is 13.2 Å². The second kappa shape index (κ2) is 5.61. The lowest BCUT2D eigenvalue weighted by atomic mass is 9.90. The van der Waals surface area contributed by atoms with Crippen LogP contribution < -0.4 is 5.32 Å². The van der Waals surface area contributed by atoms with Gasteiger partial charge in [0.25, 0.3) is 0 Å². The van der Waals surface area contributed by atoms with Gasteiger partial charge in [0.05, 0.1) is 9.49 Å². The van der Waals surface area contributed by atoms with E-state index in [1.54, 1.807) is 0 Å². The minimum atomic E-state index is 0.463. The third kappa shape index (κ3) is 2.93. The van der Waals surface area contributed by atoms with Crippen molar-refractivity contribution >= 4 is 33.9 Å². The molecule has 4 heteroatoms. The van der Waals surface area contributed by atoms with Gasteiger partial charge in [-0.05, 0) is 59.5 Å². The van der Waals surface area contributed by atoms with E-state index in [4.69, 9.17) is 4.74 Å². The molecule has 0 radical (unpaired) electrons. The predicted molar refractivity (Wildman–Crippen MR) is 72.4 cm³/mol. The van der Waals surface area contributed by atoms with Crippen LogP contribution in [0.4, 0.5) is 0 Å². The smallest absolute Gasteiger partial charge is 0.0656 e. The van der Waals surface area contributed by atoms with Gasteiger partial charge < -0.3 is 10.1 Å². The second-order valence-corrected chi connectivity index (χ2v) is 6.73. The van der Waals surface area contributed by atoms with Gasteiger partial charge in [0.15, 0.2) is 0 Å². The van der Waals surface area contributed by atoms with Crippen molar-refractivity contribution in [2.75, 3.05) is 20.3 Å². The van der Waals surface area contributed by atoms with Gasteiger partial charge >= 0.3 is 0 Å². The summed E-state index contributed by atoms with van der Waals surface area (Å²) in [7, 11) is 2.05. The van der Waals surface area contributed by atoms with Crippen molar-refractivity contribution < 1.29 is 4.74 Å². The summed E-state index contributed by atoms with van der Waals surface area (Å²) in [6.07, 6.45) is 2.47. The predicted octanol–water partition coefficient (Wildman–Crippen LogP) is 3.04. The van der Waals surface area contributed by atoms with Crippen LogP contribution in [-0.2, 0) is 4.74 Å². The monoisotopic (exact) mass is 337 g/mol. The first-order chi connectivity index (χ1) is 7.31. The SMILES string of the molecule is CNC(c1csc(I)c1)C1CCCOC1. The second-order valence-electron chi connectivity index (χ2n) is 3.93. The highest BCUT2D eigenvalue weighted by molar-refractivity contribution is 14.1. The van der Waals surface area contributed by atoms with Crippen LogP contribution in [0.15, 0.2) is 11.4 Å². The van der Waals surface area contributed by atoms with E-state index in [2.05, 4.69) is 39.4 Å². The fourth-order valence-corrected chi connectivity index (χ4v) is 3.60. The highest BCUT2D eigenvalue weighted by atomic mass is 127. The van der Waals surface area contributed by atoms with Crippen LogP contribution in [0.1, 0.15) is 24.4 Å². The molecule has 84 valence electrons. The third-order valence-electron chi connectivity index (χ3n) is 2.92. The number of nitrogens with one attached hydrogen (secondary N) is 1. The molecule has 2 nitrogen and oxygen atoms in total. The molecule has 15 heavy (non-hydrogen) atoms. The van der Waals surface area contributed by atoms with Crippen molar-refractivity contribution in [3.63, 3.8) is 0 Å². The summed E-state index contributed by atoms with van der Waals surface area (Å²) < 4.78 is 6.92. The van der Waals surface area contributed by atoms with Crippen LogP contribution in [-0.4, -0.2) is 20.3 Å². The van der Waals surface area contributed by atoms with Gasteiger partial charge in [-0.1, -0.05) is 0 Å². The summed E-state index contributed by atoms with van der Waals surface area (Å²) in [6.45, 7) is 1.84. The zero-order chi connectivity index (χ0) is 10.7. The Hall–Kier alpha value is 0.350. The lowest BCUT2D eigenvalue weighted by molar-refractivity contribution is 0.0402. The van der Waals surface area contributed by atoms with E-state index in [0.29, 0.717) is 12.0 Å². The molecule has 1 N–H and O–H groups in total. The Kier molecular flexibility index (Phi) is 4.42. The van der Waals surface area contributed by atoms with Gasteiger partial charge in [-0.15, -0.1) is 11.3 Å². The quantitative estimate of drug-likeness (QED) is 0.856. The summed E-state index contributed by atoms with van der Waals surface area (Å²) in [5.74, 6) is 0.633. The standard InChI is InChI=1S/C11H16INOS/c1-13-11(8-3-2-4-14-6-8)9-5-10(12)15-7-9/h5,7-8,11,13H,2-4,6H2,1H3. The molecule has 0 aliphatic carbocycles. The van der Waals surface area contributed by atoms with Gasteiger partial charge in [-0.25, -0.2) is 0 Å². The summed E-state index contributed by atoms with van der Waals surface area (Å²) in [4.78, 5) is 0. The minimum absolute atomic E-state index is 0.463. The zero-order valence-corrected chi connectivity index (χ0v) is 11.8. The lowest BCUT2D eigenvalue weighted by Crippen LogP contribution is -2.31. The molecule has 1 aromatic heterocycles. The van der Waals surface area contributed by atoms with Crippen molar-refractivity contribution in [1.82, 2.24) is 5.32 Å². The molecule has 1 saturated heterocycles. The van der Waals surface area contributed by atoms with Crippen LogP contribution in [0.5, 0.6) is 0 Å². The molecule has 1 fully saturated rings. The maximum atomic E-state index is 5.55. The maximum Gasteiger partial charge on any atom is 0.0656 e. The van der Waals surface area contributed by atoms with Crippen LogP contribution in [0.2, 0.25) is 0 Å². The number of ether oxygens (including phenoxy) is 1. The number of rotatable bonds is 3. The molecule has 0 spiro atoms. The highest BCUT2D eigenvalue weighted by Crippen LogP contribution is 2.31. The summed E-state index contributed by atoms with van der Waals surface area (Å²) in [5, 5.41) is 5.69. The van der Waals surface area contributed by atoms with Crippen LogP contribution in [0.25, 0.3) is 0 Å². The molecule has 2 unspecified atom stereocenters. The molecule has 0 saturated carbocycles. The molecule has 0 aromatic carbocycles. The zero-order valence-electron chi connectivity index (χ0n) is 8.83. The normalized spacial score (nSPS) is 24.0. The molecule has 0 amide bonds. The Morgan fingerprint density at radius 2 is 2.53 bits per heavy atom.